The molecule has 0 N–H and O–H groups in total. The Bertz CT molecular complexity index is 319. The van der Waals surface area contributed by atoms with E-state index in [0.29, 0.717) is 0 Å². The summed E-state index contributed by atoms with van der Waals surface area (Å²) in [6.07, 6.45) is 1.61. The van der Waals surface area contributed by atoms with Gasteiger partial charge in [-0.3, -0.25) is 14.5 Å². The number of aromatic nitrogens is 3. The number of piperazine rings is 1. The van der Waals surface area contributed by atoms with E-state index in [4.69, 9.17) is 11.6 Å². The van der Waals surface area contributed by atoms with Crippen LogP contribution in [0.3, 0.4) is 0 Å². The number of alkyl halides is 1. The lowest BCUT2D eigenvalue weighted by Crippen LogP contribution is -2.46. The van der Waals surface area contributed by atoms with Crippen molar-refractivity contribution in [2.45, 2.75) is 6.54 Å². The number of aryl methyl sites for hydroxylation is 1. The van der Waals surface area contributed by atoms with Crippen molar-refractivity contribution in [3.63, 3.8) is 0 Å². The number of hydrogen-bond donors (Lipinski definition) is 0. The van der Waals surface area contributed by atoms with Gasteiger partial charge in [-0.05, 0) is 0 Å². The Hall–Kier alpha value is -0.650. The minimum Gasteiger partial charge on any atom is -0.300 e. The fourth-order valence-corrected chi connectivity index (χ4v) is 2.19. The maximum Gasteiger partial charge on any atom is 0.140 e. The molecule has 2 rings (SSSR count). The molecule has 0 aromatic carbocycles. The quantitative estimate of drug-likeness (QED) is 0.707. The average molecular weight is 244 g/mol. The molecule has 0 unspecified atom stereocenters. The topological polar surface area (TPSA) is 37.2 Å². The van der Waals surface area contributed by atoms with Gasteiger partial charge in [0.1, 0.15) is 12.2 Å². The molecule has 0 bridgehead atoms. The summed E-state index contributed by atoms with van der Waals surface area (Å²) < 4.78 is 1.84. The number of rotatable bonds is 4. The van der Waals surface area contributed by atoms with Gasteiger partial charge in [-0.1, -0.05) is 0 Å². The SMILES string of the molecule is Cn1ncnc1CN1CCN(CCCl)CC1. The predicted octanol–water partition coefficient (Wildman–Crippen LogP) is 0.172. The van der Waals surface area contributed by atoms with E-state index in [9.17, 15) is 0 Å². The van der Waals surface area contributed by atoms with Crippen molar-refractivity contribution < 1.29 is 0 Å². The molecule has 1 aliphatic rings. The highest BCUT2D eigenvalue weighted by atomic mass is 35.5. The Kier molecular flexibility index (Phi) is 4.15. The lowest BCUT2D eigenvalue weighted by atomic mass is 10.3. The van der Waals surface area contributed by atoms with Crippen molar-refractivity contribution >= 4 is 11.6 Å². The van der Waals surface area contributed by atoms with E-state index in [2.05, 4.69) is 19.9 Å². The van der Waals surface area contributed by atoms with Crippen LogP contribution in [-0.4, -0.2) is 63.2 Å². The van der Waals surface area contributed by atoms with Gasteiger partial charge in [0.15, 0.2) is 0 Å². The third-order valence-corrected chi connectivity index (χ3v) is 3.20. The molecule has 1 aromatic rings. The highest BCUT2D eigenvalue weighted by molar-refractivity contribution is 6.18. The third kappa shape index (κ3) is 2.93. The van der Waals surface area contributed by atoms with Gasteiger partial charge in [0, 0.05) is 45.7 Å². The highest BCUT2D eigenvalue weighted by Crippen LogP contribution is 2.05. The minimum atomic E-state index is 0.725. The number of nitrogens with zero attached hydrogens (tertiary/aromatic N) is 5. The summed E-state index contributed by atoms with van der Waals surface area (Å²) in [7, 11) is 1.94. The van der Waals surface area contributed by atoms with Crippen LogP contribution >= 0.6 is 11.6 Å². The van der Waals surface area contributed by atoms with E-state index in [-0.39, 0.29) is 0 Å². The van der Waals surface area contributed by atoms with Crippen molar-refractivity contribution in [2.24, 2.45) is 7.05 Å². The van der Waals surface area contributed by atoms with Crippen LogP contribution in [0, 0.1) is 0 Å². The van der Waals surface area contributed by atoms with Gasteiger partial charge in [0.05, 0.1) is 6.54 Å². The summed E-state index contributed by atoms with van der Waals surface area (Å²) in [6.45, 7) is 6.27. The molecule has 0 spiro atoms. The smallest absolute Gasteiger partial charge is 0.140 e. The van der Waals surface area contributed by atoms with Crippen LogP contribution < -0.4 is 0 Å². The van der Waals surface area contributed by atoms with Crippen molar-refractivity contribution in [3.05, 3.63) is 12.2 Å². The monoisotopic (exact) mass is 243 g/mol. The van der Waals surface area contributed by atoms with E-state index < -0.39 is 0 Å². The van der Waals surface area contributed by atoms with Crippen LogP contribution in [-0.2, 0) is 13.6 Å². The Morgan fingerprint density at radius 1 is 1.25 bits per heavy atom. The van der Waals surface area contributed by atoms with Crippen LogP contribution in [0.25, 0.3) is 0 Å². The fourth-order valence-electron chi connectivity index (χ4n) is 1.95. The van der Waals surface area contributed by atoms with E-state index in [1.165, 1.54) is 0 Å². The normalized spacial score (nSPS) is 19.1. The molecule has 1 aliphatic heterocycles. The van der Waals surface area contributed by atoms with Gasteiger partial charge in [-0.25, -0.2) is 4.98 Å². The lowest BCUT2D eigenvalue weighted by molar-refractivity contribution is 0.129. The predicted molar refractivity (Wildman–Crippen MR) is 63.4 cm³/mol. The molecule has 1 fully saturated rings. The molecule has 2 heterocycles. The number of halogens is 1. The van der Waals surface area contributed by atoms with E-state index in [1.54, 1.807) is 6.33 Å². The molecule has 6 heteroatoms. The second-order valence-electron chi connectivity index (χ2n) is 4.11. The molecule has 16 heavy (non-hydrogen) atoms. The standard InChI is InChI=1S/C10H18ClN5/c1-14-10(12-9-13-14)8-16-6-4-15(3-2-11)5-7-16/h9H,2-8H2,1H3. The maximum atomic E-state index is 5.73. The molecule has 1 aromatic heterocycles. The van der Waals surface area contributed by atoms with Crippen LogP contribution in [0.5, 0.6) is 0 Å². The second-order valence-corrected chi connectivity index (χ2v) is 4.48. The molecule has 0 radical (unpaired) electrons. The van der Waals surface area contributed by atoms with Gasteiger partial charge in [0.25, 0.3) is 0 Å². The van der Waals surface area contributed by atoms with Crippen molar-refractivity contribution in [1.82, 2.24) is 24.6 Å². The fraction of sp³-hybridized carbons (Fsp3) is 0.800. The zero-order valence-electron chi connectivity index (χ0n) is 9.64. The molecule has 1 saturated heterocycles. The Balaban J connectivity index is 1.79. The summed E-state index contributed by atoms with van der Waals surface area (Å²) in [5.41, 5.74) is 0. The largest absolute Gasteiger partial charge is 0.300 e. The molecule has 0 atom stereocenters. The van der Waals surface area contributed by atoms with Gasteiger partial charge in [0.2, 0.25) is 0 Å². The van der Waals surface area contributed by atoms with Crippen LogP contribution in [0.1, 0.15) is 5.82 Å². The summed E-state index contributed by atoms with van der Waals surface area (Å²) in [4.78, 5) is 9.06. The van der Waals surface area contributed by atoms with Crippen LogP contribution in [0.2, 0.25) is 0 Å². The summed E-state index contributed by atoms with van der Waals surface area (Å²) in [5.74, 6) is 1.76. The van der Waals surface area contributed by atoms with Crippen LogP contribution in [0.15, 0.2) is 6.33 Å². The van der Waals surface area contributed by atoms with Gasteiger partial charge in [-0.2, -0.15) is 5.10 Å². The van der Waals surface area contributed by atoms with Gasteiger partial charge in [-0.15, -0.1) is 11.6 Å². The molecular formula is C10H18ClN5. The van der Waals surface area contributed by atoms with Crippen molar-refractivity contribution in [1.29, 1.82) is 0 Å². The minimum absolute atomic E-state index is 0.725. The maximum absolute atomic E-state index is 5.73. The molecule has 90 valence electrons. The summed E-state index contributed by atoms with van der Waals surface area (Å²) in [6, 6.07) is 0. The van der Waals surface area contributed by atoms with Gasteiger partial charge < -0.3 is 0 Å². The average Bonchev–Trinajstić information content (AvgIpc) is 2.68. The summed E-state index contributed by atoms with van der Waals surface area (Å²) in [5, 5.41) is 4.08. The zero-order chi connectivity index (χ0) is 11.4. The molecule has 0 aliphatic carbocycles. The van der Waals surface area contributed by atoms with E-state index >= 15 is 0 Å². The second kappa shape index (κ2) is 5.61. The Morgan fingerprint density at radius 2 is 1.94 bits per heavy atom. The molecule has 0 amide bonds. The Labute approximate surface area is 101 Å². The first-order chi connectivity index (χ1) is 7.79. The van der Waals surface area contributed by atoms with Crippen LogP contribution in [0.4, 0.5) is 0 Å². The first kappa shape index (κ1) is 11.8. The first-order valence-electron chi connectivity index (χ1n) is 5.63. The highest BCUT2D eigenvalue weighted by Gasteiger charge is 2.17. The van der Waals surface area contributed by atoms with Gasteiger partial charge >= 0.3 is 0 Å². The van der Waals surface area contributed by atoms with E-state index in [0.717, 1.165) is 51.0 Å². The molecule has 5 nitrogen and oxygen atoms in total. The van der Waals surface area contributed by atoms with Crippen molar-refractivity contribution in [2.75, 3.05) is 38.6 Å². The first-order valence-corrected chi connectivity index (χ1v) is 6.16. The summed E-state index contributed by atoms with van der Waals surface area (Å²) >= 11 is 5.73. The zero-order valence-corrected chi connectivity index (χ0v) is 10.4. The Morgan fingerprint density at radius 3 is 2.50 bits per heavy atom. The van der Waals surface area contributed by atoms with E-state index in [1.807, 2.05) is 11.7 Å². The lowest BCUT2D eigenvalue weighted by Gasteiger charge is -2.33. The molecular weight excluding hydrogens is 226 g/mol. The molecule has 0 saturated carbocycles. The number of hydrogen-bond acceptors (Lipinski definition) is 4. The van der Waals surface area contributed by atoms with Crippen molar-refractivity contribution in [3.8, 4) is 0 Å². The third-order valence-electron chi connectivity index (χ3n) is 3.04.